The van der Waals surface area contributed by atoms with Crippen LogP contribution in [0, 0.1) is 0 Å². The van der Waals surface area contributed by atoms with Gasteiger partial charge in [-0.25, -0.2) is 13.1 Å². The van der Waals surface area contributed by atoms with E-state index in [1.54, 1.807) is 0 Å². The van der Waals surface area contributed by atoms with Crippen LogP contribution in [0.4, 0.5) is 0 Å². The topological polar surface area (TPSA) is 92.7 Å². The second kappa shape index (κ2) is 9.02. The van der Waals surface area contributed by atoms with E-state index >= 15 is 0 Å². The zero-order valence-electron chi connectivity index (χ0n) is 14.2. The first-order chi connectivity index (χ1) is 12.3. The Kier molecular flexibility index (Phi) is 7.02. The molecule has 26 heavy (non-hydrogen) atoms. The number of rotatable bonds is 9. The van der Waals surface area contributed by atoms with Gasteiger partial charge >= 0.3 is 5.97 Å². The number of halogens is 1. The average Bonchev–Trinajstić information content (AvgIpc) is 2.60. The molecule has 0 amide bonds. The van der Waals surface area contributed by atoms with Crippen molar-refractivity contribution in [3.8, 4) is 5.75 Å². The Morgan fingerprint density at radius 3 is 2.54 bits per heavy atom. The lowest BCUT2D eigenvalue weighted by molar-refractivity contribution is -0.137. The molecule has 0 spiro atoms. The highest BCUT2D eigenvalue weighted by Crippen LogP contribution is 2.27. The molecule has 2 N–H and O–H groups in total. The lowest BCUT2D eigenvalue weighted by Gasteiger charge is -2.19. The minimum Gasteiger partial charge on any atom is -0.495 e. The summed E-state index contributed by atoms with van der Waals surface area (Å²) in [6, 6.07) is 13.0. The van der Waals surface area contributed by atoms with Crippen molar-refractivity contribution >= 4 is 27.6 Å². The lowest BCUT2D eigenvalue weighted by Crippen LogP contribution is -2.37. The molecule has 0 aliphatic heterocycles. The summed E-state index contributed by atoms with van der Waals surface area (Å²) in [6.45, 7) is 0. The Hall–Kier alpha value is -2.09. The summed E-state index contributed by atoms with van der Waals surface area (Å²) < 4.78 is 33.3. The first-order valence-corrected chi connectivity index (χ1v) is 9.79. The van der Waals surface area contributed by atoms with Crippen molar-refractivity contribution in [3.63, 3.8) is 0 Å². The van der Waals surface area contributed by atoms with Gasteiger partial charge in [-0.3, -0.25) is 4.79 Å². The number of nitrogens with one attached hydrogen (secondary N) is 1. The Morgan fingerprint density at radius 2 is 1.92 bits per heavy atom. The van der Waals surface area contributed by atoms with Gasteiger partial charge in [-0.2, -0.15) is 0 Å². The maximum absolute atomic E-state index is 12.8. The Labute approximate surface area is 157 Å². The van der Waals surface area contributed by atoms with Gasteiger partial charge < -0.3 is 9.84 Å². The molecule has 0 heterocycles. The lowest BCUT2D eigenvalue weighted by atomic mass is 10.0. The largest absolute Gasteiger partial charge is 0.495 e. The highest BCUT2D eigenvalue weighted by molar-refractivity contribution is 7.89. The number of aliphatic carboxylic acids is 1. The number of carboxylic acid groups (broad SMARTS) is 1. The van der Waals surface area contributed by atoms with Gasteiger partial charge in [0, 0.05) is 17.5 Å². The third-order valence-corrected chi connectivity index (χ3v) is 5.55. The van der Waals surface area contributed by atoms with Gasteiger partial charge in [0.15, 0.2) is 0 Å². The second-order valence-electron chi connectivity index (χ2n) is 5.74. The summed E-state index contributed by atoms with van der Waals surface area (Å²) in [6.07, 6.45) is 0.384. The summed E-state index contributed by atoms with van der Waals surface area (Å²) >= 11 is 5.92. The monoisotopic (exact) mass is 397 g/mol. The number of sulfonamides is 1. The van der Waals surface area contributed by atoms with Crippen LogP contribution in [0.1, 0.15) is 18.4 Å². The third-order valence-electron chi connectivity index (χ3n) is 3.77. The highest BCUT2D eigenvalue weighted by Gasteiger charge is 2.24. The van der Waals surface area contributed by atoms with E-state index in [-0.39, 0.29) is 28.5 Å². The second-order valence-corrected chi connectivity index (χ2v) is 7.85. The van der Waals surface area contributed by atoms with E-state index in [0.29, 0.717) is 6.42 Å². The fraction of sp³-hybridized carbons (Fsp3) is 0.278. The molecule has 2 rings (SSSR count). The predicted octanol–water partition coefficient (Wildman–Crippen LogP) is 3.10. The van der Waals surface area contributed by atoms with Crippen LogP contribution in [0.5, 0.6) is 5.75 Å². The summed E-state index contributed by atoms with van der Waals surface area (Å²) in [5.74, 6) is -0.818. The average molecular weight is 398 g/mol. The Bertz CT molecular complexity index is 855. The summed E-state index contributed by atoms with van der Waals surface area (Å²) in [7, 11) is -2.58. The van der Waals surface area contributed by atoms with Crippen LogP contribution in [-0.4, -0.2) is 32.6 Å². The van der Waals surface area contributed by atoms with Crippen molar-refractivity contribution < 1.29 is 23.1 Å². The fourth-order valence-corrected chi connectivity index (χ4v) is 4.24. The highest BCUT2D eigenvalue weighted by atomic mass is 35.5. The van der Waals surface area contributed by atoms with E-state index in [0.717, 1.165) is 5.56 Å². The minimum atomic E-state index is -3.95. The van der Waals surface area contributed by atoms with E-state index in [1.807, 2.05) is 30.3 Å². The zero-order chi connectivity index (χ0) is 19.2. The molecule has 0 aliphatic carbocycles. The molecule has 2 aromatic carbocycles. The van der Waals surface area contributed by atoms with Crippen LogP contribution in [0.25, 0.3) is 0 Å². The standard InChI is InChI=1S/C18H20ClNO5S/c1-25-16-9-7-14(19)12-17(16)26(23,24)20-15(8-10-18(21)22)11-13-5-3-2-4-6-13/h2-7,9,12,15,20H,8,10-11H2,1H3,(H,21,22). The molecule has 0 aromatic heterocycles. The maximum atomic E-state index is 12.8. The summed E-state index contributed by atoms with van der Waals surface area (Å²) in [5.41, 5.74) is 0.906. The van der Waals surface area contributed by atoms with Crippen molar-refractivity contribution in [2.45, 2.75) is 30.2 Å². The number of hydrogen-bond acceptors (Lipinski definition) is 4. The van der Waals surface area contributed by atoms with E-state index in [4.69, 9.17) is 21.4 Å². The predicted molar refractivity (Wildman–Crippen MR) is 99.1 cm³/mol. The molecule has 1 atom stereocenters. The van der Waals surface area contributed by atoms with Crippen LogP contribution in [0.2, 0.25) is 5.02 Å². The van der Waals surface area contributed by atoms with Gasteiger partial charge in [0.1, 0.15) is 10.6 Å². The first-order valence-electron chi connectivity index (χ1n) is 7.93. The molecular weight excluding hydrogens is 378 g/mol. The molecule has 6 nitrogen and oxygen atoms in total. The van der Waals surface area contributed by atoms with Crippen molar-refractivity contribution in [1.29, 1.82) is 0 Å². The molecule has 8 heteroatoms. The minimum absolute atomic E-state index is 0.0825. The van der Waals surface area contributed by atoms with Gasteiger partial charge in [0.25, 0.3) is 0 Å². The van der Waals surface area contributed by atoms with Crippen molar-refractivity contribution in [3.05, 3.63) is 59.1 Å². The van der Waals surface area contributed by atoms with Crippen LogP contribution >= 0.6 is 11.6 Å². The van der Waals surface area contributed by atoms with E-state index in [9.17, 15) is 13.2 Å². The van der Waals surface area contributed by atoms with Crippen LogP contribution in [0.15, 0.2) is 53.4 Å². The van der Waals surface area contributed by atoms with Gasteiger partial charge in [-0.05, 0) is 36.6 Å². The van der Waals surface area contributed by atoms with Crippen molar-refractivity contribution in [1.82, 2.24) is 4.72 Å². The number of hydrogen-bond donors (Lipinski definition) is 2. The third kappa shape index (κ3) is 5.72. The molecule has 0 bridgehead atoms. The van der Waals surface area contributed by atoms with Crippen LogP contribution in [0.3, 0.4) is 0 Å². The van der Waals surface area contributed by atoms with Crippen molar-refractivity contribution in [2.24, 2.45) is 0 Å². The van der Waals surface area contributed by atoms with Gasteiger partial charge in [0.05, 0.1) is 7.11 Å². The number of benzene rings is 2. The van der Waals surface area contributed by atoms with Gasteiger partial charge in [-0.15, -0.1) is 0 Å². The molecule has 0 aliphatic rings. The molecule has 0 radical (unpaired) electrons. The smallest absolute Gasteiger partial charge is 0.303 e. The number of carbonyl (C=O) groups is 1. The van der Waals surface area contributed by atoms with Crippen molar-refractivity contribution in [2.75, 3.05) is 7.11 Å². The van der Waals surface area contributed by atoms with E-state index in [2.05, 4.69) is 4.72 Å². The van der Waals surface area contributed by atoms with Crippen LogP contribution < -0.4 is 9.46 Å². The normalized spacial score (nSPS) is 12.5. The molecule has 0 saturated heterocycles. The zero-order valence-corrected chi connectivity index (χ0v) is 15.8. The Morgan fingerprint density at radius 1 is 1.23 bits per heavy atom. The molecular formula is C18H20ClNO5S. The molecule has 2 aromatic rings. The summed E-state index contributed by atoms with van der Waals surface area (Å²) in [5, 5.41) is 9.21. The number of methoxy groups -OCH3 is 1. The number of ether oxygens (including phenoxy) is 1. The number of carboxylic acids is 1. The maximum Gasteiger partial charge on any atom is 0.303 e. The van der Waals surface area contributed by atoms with Crippen LogP contribution in [-0.2, 0) is 21.2 Å². The van der Waals surface area contributed by atoms with E-state index in [1.165, 1.54) is 25.3 Å². The fourth-order valence-electron chi connectivity index (χ4n) is 2.54. The quantitative estimate of drug-likeness (QED) is 0.678. The SMILES string of the molecule is COc1ccc(Cl)cc1S(=O)(=O)NC(CCC(=O)O)Cc1ccccc1. The molecule has 0 fully saturated rings. The Balaban J connectivity index is 2.27. The van der Waals surface area contributed by atoms with Gasteiger partial charge in [0.2, 0.25) is 10.0 Å². The molecule has 0 saturated carbocycles. The molecule has 140 valence electrons. The first kappa shape index (κ1) is 20.2. The summed E-state index contributed by atoms with van der Waals surface area (Å²) in [4.78, 5) is 10.8. The van der Waals surface area contributed by atoms with E-state index < -0.39 is 22.0 Å². The van der Waals surface area contributed by atoms with Gasteiger partial charge in [-0.1, -0.05) is 41.9 Å². The molecule has 1 unspecified atom stereocenters.